The molecule has 1 aliphatic rings. The van der Waals surface area contributed by atoms with Gasteiger partial charge in [0.1, 0.15) is 0 Å². The van der Waals surface area contributed by atoms with E-state index in [1.165, 1.54) is 38.8 Å². The van der Waals surface area contributed by atoms with E-state index in [0.29, 0.717) is 5.41 Å². The van der Waals surface area contributed by atoms with Gasteiger partial charge in [0, 0.05) is 13.1 Å². The first kappa shape index (κ1) is 12.0. The molecule has 0 aromatic rings. The van der Waals surface area contributed by atoms with Crippen LogP contribution in [0.3, 0.4) is 0 Å². The number of rotatable bonds is 6. The molecule has 1 rings (SSSR count). The van der Waals surface area contributed by atoms with Crippen molar-refractivity contribution in [2.75, 3.05) is 13.1 Å². The summed E-state index contributed by atoms with van der Waals surface area (Å²) in [4.78, 5) is 0. The lowest BCUT2D eigenvalue weighted by Crippen LogP contribution is -2.53. The molecule has 1 nitrogen and oxygen atoms in total. The largest absolute Gasteiger partial charge is 0.316 e. The molecule has 0 aliphatic carbocycles. The van der Waals surface area contributed by atoms with Gasteiger partial charge in [-0.05, 0) is 30.1 Å². The maximum atomic E-state index is 3.45. The zero-order valence-corrected chi connectivity index (χ0v) is 10.4. The Labute approximate surface area is 89.7 Å². The van der Waals surface area contributed by atoms with Crippen molar-refractivity contribution >= 4 is 0 Å². The molecule has 1 fully saturated rings. The van der Waals surface area contributed by atoms with Crippen molar-refractivity contribution in [3.05, 3.63) is 0 Å². The van der Waals surface area contributed by atoms with Gasteiger partial charge in [-0.15, -0.1) is 0 Å². The van der Waals surface area contributed by atoms with Crippen LogP contribution in [-0.4, -0.2) is 13.1 Å². The minimum Gasteiger partial charge on any atom is -0.316 e. The fourth-order valence-electron chi connectivity index (χ4n) is 2.65. The van der Waals surface area contributed by atoms with Gasteiger partial charge in [0.2, 0.25) is 0 Å². The summed E-state index contributed by atoms with van der Waals surface area (Å²) in [7, 11) is 0. The van der Waals surface area contributed by atoms with E-state index in [1.807, 2.05) is 0 Å². The summed E-state index contributed by atoms with van der Waals surface area (Å²) >= 11 is 0. The normalized spacial score (nSPS) is 20.1. The molecule has 0 bridgehead atoms. The summed E-state index contributed by atoms with van der Waals surface area (Å²) in [6.07, 6.45) is 5.68. The van der Waals surface area contributed by atoms with Crippen molar-refractivity contribution < 1.29 is 0 Å². The first-order valence-electron chi connectivity index (χ1n) is 6.25. The topological polar surface area (TPSA) is 12.0 Å². The molecule has 1 N–H and O–H groups in total. The van der Waals surface area contributed by atoms with Crippen LogP contribution in [0.25, 0.3) is 0 Å². The highest BCUT2D eigenvalue weighted by molar-refractivity contribution is 4.92. The molecular weight excluding hydrogens is 170 g/mol. The molecule has 0 saturated carbocycles. The molecular formula is C13H27N. The van der Waals surface area contributed by atoms with Gasteiger partial charge in [0.15, 0.2) is 0 Å². The minimum atomic E-state index is 0.670. The summed E-state index contributed by atoms with van der Waals surface area (Å²) in [6.45, 7) is 11.9. The van der Waals surface area contributed by atoms with Crippen LogP contribution >= 0.6 is 0 Å². The Hall–Kier alpha value is -0.0400. The van der Waals surface area contributed by atoms with E-state index in [2.05, 4.69) is 33.0 Å². The average Bonchev–Trinajstić information content (AvgIpc) is 1.98. The fourth-order valence-corrected chi connectivity index (χ4v) is 2.65. The maximum Gasteiger partial charge on any atom is 0.00203 e. The van der Waals surface area contributed by atoms with Gasteiger partial charge in [0.25, 0.3) is 0 Å². The summed E-state index contributed by atoms with van der Waals surface area (Å²) in [6, 6.07) is 0. The van der Waals surface area contributed by atoms with E-state index < -0.39 is 0 Å². The lowest BCUT2D eigenvalue weighted by molar-refractivity contribution is 0.113. The minimum absolute atomic E-state index is 0.670. The van der Waals surface area contributed by atoms with Crippen LogP contribution in [0.2, 0.25) is 0 Å². The summed E-state index contributed by atoms with van der Waals surface area (Å²) in [5, 5.41) is 3.45. The zero-order chi connectivity index (χ0) is 10.6. The zero-order valence-electron chi connectivity index (χ0n) is 10.4. The molecule has 0 amide bonds. The van der Waals surface area contributed by atoms with Crippen molar-refractivity contribution in [1.29, 1.82) is 0 Å². The molecule has 0 radical (unpaired) electrons. The molecule has 14 heavy (non-hydrogen) atoms. The Kier molecular flexibility index (Phi) is 4.43. The molecule has 0 atom stereocenters. The van der Waals surface area contributed by atoms with E-state index >= 15 is 0 Å². The average molecular weight is 197 g/mol. The standard InChI is InChI=1S/C13H27N/c1-11(2)6-5-7-13(8-12(3)4)9-14-10-13/h11-12,14H,5-10H2,1-4H3. The molecule has 0 unspecified atom stereocenters. The van der Waals surface area contributed by atoms with Crippen LogP contribution in [-0.2, 0) is 0 Å². The van der Waals surface area contributed by atoms with Gasteiger partial charge in [-0.25, -0.2) is 0 Å². The van der Waals surface area contributed by atoms with Gasteiger partial charge in [-0.2, -0.15) is 0 Å². The quantitative estimate of drug-likeness (QED) is 0.687. The van der Waals surface area contributed by atoms with Crippen molar-refractivity contribution in [2.24, 2.45) is 17.3 Å². The van der Waals surface area contributed by atoms with Crippen LogP contribution in [0.5, 0.6) is 0 Å². The third kappa shape index (κ3) is 3.61. The highest BCUT2D eigenvalue weighted by Gasteiger charge is 2.36. The Bertz CT molecular complexity index is 157. The molecule has 0 spiro atoms. The van der Waals surface area contributed by atoms with Gasteiger partial charge < -0.3 is 5.32 Å². The van der Waals surface area contributed by atoms with Crippen LogP contribution in [0.1, 0.15) is 53.4 Å². The summed E-state index contributed by atoms with van der Waals surface area (Å²) in [5.74, 6) is 1.73. The number of nitrogens with one attached hydrogen (secondary N) is 1. The lowest BCUT2D eigenvalue weighted by Gasteiger charge is -2.44. The number of hydrogen-bond donors (Lipinski definition) is 1. The maximum absolute atomic E-state index is 3.45. The second-order valence-corrected chi connectivity index (χ2v) is 5.99. The van der Waals surface area contributed by atoms with Crippen molar-refractivity contribution in [3.8, 4) is 0 Å². The van der Waals surface area contributed by atoms with E-state index in [1.54, 1.807) is 0 Å². The van der Waals surface area contributed by atoms with E-state index in [0.717, 1.165) is 11.8 Å². The first-order valence-corrected chi connectivity index (χ1v) is 6.25. The second kappa shape index (κ2) is 5.16. The monoisotopic (exact) mass is 197 g/mol. The smallest absolute Gasteiger partial charge is 0.00203 e. The SMILES string of the molecule is CC(C)CCCC1(CC(C)C)CNC1. The summed E-state index contributed by atoms with van der Waals surface area (Å²) < 4.78 is 0. The van der Waals surface area contributed by atoms with Crippen LogP contribution in [0.15, 0.2) is 0 Å². The highest BCUT2D eigenvalue weighted by atomic mass is 15.0. The second-order valence-electron chi connectivity index (χ2n) is 5.99. The first-order chi connectivity index (χ1) is 6.54. The third-order valence-electron chi connectivity index (χ3n) is 3.33. The molecule has 0 aromatic heterocycles. The van der Waals surface area contributed by atoms with E-state index in [-0.39, 0.29) is 0 Å². The van der Waals surface area contributed by atoms with E-state index in [9.17, 15) is 0 Å². The van der Waals surface area contributed by atoms with Gasteiger partial charge in [-0.1, -0.05) is 40.5 Å². The van der Waals surface area contributed by atoms with Crippen LogP contribution < -0.4 is 5.32 Å². The predicted octanol–water partition coefficient (Wildman–Crippen LogP) is 3.45. The van der Waals surface area contributed by atoms with Crippen molar-refractivity contribution in [1.82, 2.24) is 5.32 Å². The van der Waals surface area contributed by atoms with Gasteiger partial charge >= 0.3 is 0 Å². The third-order valence-corrected chi connectivity index (χ3v) is 3.33. The highest BCUT2D eigenvalue weighted by Crippen LogP contribution is 2.36. The summed E-state index contributed by atoms with van der Waals surface area (Å²) in [5.41, 5.74) is 0.670. The Morgan fingerprint density at radius 2 is 1.71 bits per heavy atom. The van der Waals surface area contributed by atoms with Crippen molar-refractivity contribution in [2.45, 2.75) is 53.4 Å². The van der Waals surface area contributed by atoms with Gasteiger partial charge in [0.05, 0.1) is 0 Å². The fraction of sp³-hybridized carbons (Fsp3) is 1.00. The van der Waals surface area contributed by atoms with Crippen LogP contribution in [0.4, 0.5) is 0 Å². The van der Waals surface area contributed by atoms with Crippen molar-refractivity contribution in [3.63, 3.8) is 0 Å². The molecule has 1 heterocycles. The Morgan fingerprint density at radius 1 is 1.07 bits per heavy atom. The molecule has 1 saturated heterocycles. The molecule has 1 heteroatoms. The molecule has 0 aromatic carbocycles. The van der Waals surface area contributed by atoms with Gasteiger partial charge in [-0.3, -0.25) is 0 Å². The Morgan fingerprint density at radius 3 is 2.07 bits per heavy atom. The number of hydrogen-bond acceptors (Lipinski definition) is 1. The molecule has 84 valence electrons. The van der Waals surface area contributed by atoms with E-state index in [4.69, 9.17) is 0 Å². The predicted molar refractivity (Wildman–Crippen MR) is 63.4 cm³/mol. The Balaban J connectivity index is 2.23. The van der Waals surface area contributed by atoms with Crippen LogP contribution in [0, 0.1) is 17.3 Å². The molecule has 1 aliphatic heterocycles. The lowest BCUT2D eigenvalue weighted by atomic mass is 9.71.